The van der Waals surface area contributed by atoms with Gasteiger partial charge in [0.15, 0.2) is 17.5 Å². The van der Waals surface area contributed by atoms with Gasteiger partial charge >= 0.3 is 0 Å². The molecule has 1 aromatic heterocycles. The summed E-state index contributed by atoms with van der Waals surface area (Å²) in [6.45, 7) is 5.50. The number of carbonyl (C=O) groups is 1. The maximum Gasteiger partial charge on any atom is 0.277 e. The van der Waals surface area contributed by atoms with Crippen LogP contribution < -0.4 is 5.32 Å². The van der Waals surface area contributed by atoms with E-state index < -0.39 is 34.3 Å². The summed E-state index contributed by atoms with van der Waals surface area (Å²) < 4.78 is 45.5. The first kappa shape index (κ1) is 19.9. The Morgan fingerprint density at radius 2 is 1.82 bits per heavy atom. The molecule has 1 amide bonds. The van der Waals surface area contributed by atoms with Crippen LogP contribution in [0.25, 0.3) is 11.5 Å². The minimum atomic E-state index is -1.65. The van der Waals surface area contributed by atoms with Gasteiger partial charge in [0, 0.05) is 5.56 Å². The minimum Gasteiger partial charge on any atom is -0.411 e. The SMILES string of the molecule is Cc1ccc(-c2nnc(SC(C)C(=O)Nc3ccc(F)c(F)c3F)o2)cc1C. The monoisotopic (exact) mass is 407 g/mol. The molecule has 2 aromatic carbocycles. The molecule has 3 aromatic rings. The molecule has 9 heteroatoms. The highest BCUT2D eigenvalue weighted by Gasteiger charge is 2.21. The Hall–Kier alpha value is -2.81. The van der Waals surface area contributed by atoms with Crippen LogP contribution in [0.3, 0.4) is 0 Å². The third-order valence-electron chi connectivity index (χ3n) is 4.10. The smallest absolute Gasteiger partial charge is 0.277 e. The summed E-state index contributed by atoms with van der Waals surface area (Å²) in [5.74, 6) is -4.75. The van der Waals surface area contributed by atoms with E-state index in [0.717, 1.165) is 40.6 Å². The second kappa shape index (κ2) is 8.05. The standard InChI is InChI=1S/C19H16F3N3O2S/c1-9-4-5-12(8-10(9)2)18-24-25-19(27-18)28-11(3)17(26)23-14-7-6-13(20)15(21)16(14)22/h4-8,11H,1-3H3,(H,23,26). The van der Waals surface area contributed by atoms with Crippen LogP contribution >= 0.6 is 11.8 Å². The number of amides is 1. The molecule has 0 saturated heterocycles. The molecule has 1 unspecified atom stereocenters. The summed E-state index contributed by atoms with van der Waals surface area (Å²) in [4.78, 5) is 12.2. The highest BCUT2D eigenvalue weighted by Crippen LogP contribution is 2.28. The molecule has 1 heterocycles. The molecule has 1 N–H and O–H groups in total. The van der Waals surface area contributed by atoms with Gasteiger partial charge in [0.2, 0.25) is 11.8 Å². The van der Waals surface area contributed by atoms with Crippen molar-refractivity contribution in [3.05, 3.63) is 58.9 Å². The number of rotatable bonds is 5. The molecular weight excluding hydrogens is 391 g/mol. The van der Waals surface area contributed by atoms with Gasteiger partial charge in [0.1, 0.15) is 0 Å². The number of anilines is 1. The molecule has 0 bridgehead atoms. The molecule has 3 rings (SSSR count). The van der Waals surface area contributed by atoms with E-state index in [1.54, 1.807) is 0 Å². The summed E-state index contributed by atoms with van der Waals surface area (Å²) in [6, 6.07) is 7.40. The van der Waals surface area contributed by atoms with E-state index in [0.29, 0.717) is 5.89 Å². The van der Waals surface area contributed by atoms with Crippen LogP contribution in [0.4, 0.5) is 18.9 Å². The number of hydrogen-bond donors (Lipinski definition) is 1. The second-order valence-electron chi connectivity index (χ2n) is 6.14. The van der Waals surface area contributed by atoms with Crippen LogP contribution in [0, 0.1) is 31.3 Å². The molecule has 0 aliphatic carbocycles. The third-order valence-corrected chi connectivity index (χ3v) is 5.03. The zero-order valence-electron chi connectivity index (χ0n) is 15.2. The van der Waals surface area contributed by atoms with Crippen molar-refractivity contribution in [2.75, 3.05) is 5.32 Å². The Balaban J connectivity index is 1.68. The first-order chi connectivity index (χ1) is 13.3. The van der Waals surface area contributed by atoms with Gasteiger partial charge in [0.05, 0.1) is 10.9 Å². The number of aromatic nitrogens is 2. The Morgan fingerprint density at radius 1 is 1.07 bits per heavy atom. The van der Waals surface area contributed by atoms with Gasteiger partial charge in [-0.2, -0.15) is 0 Å². The van der Waals surface area contributed by atoms with Crippen LogP contribution in [-0.2, 0) is 4.79 Å². The largest absolute Gasteiger partial charge is 0.411 e. The van der Waals surface area contributed by atoms with Gasteiger partial charge in [-0.3, -0.25) is 4.79 Å². The lowest BCUT2D eigenvalue weighted by atomic mass is 10.1. The lowest BCUT2D eigenvalue weighted by Gasteiger charge is -2.11. The van der Waals surface area contributed by atoms with Crippen LogP contribution in [0.1, 0.15) is 18.1 Å². The number of carbonyl (C=O) groups excluding carboxylic acids is 1. The van der Waals surface area contributed by atoms with E-state index in [4.69, 9.17) is 4.42 Å². The molecule has 0 fully saturated rings. The topological polar surface area (TPSA) is 68.0 Å². The van der Waals surface area contributed by atoms with Crippen molar-refractivity contribution in [1.82, 2.24) is 10.2 Å². The van der Waals surface area contributed by atoms with E-state index in [9.17, 15) is 18.0 Å². The van der Waals surface area contributed by atoms with Gasteiger partial charge in [-0.05, 0) is 56.2 Å². The number of halogens is 3. The lowest BCUT2D eigenvalue weighted by Crippen LogP contribution is -2.23. The van der Waals surface area contributed by atoms with Crippen molar-refractivity contribution >= 4 is 23.4 Å². The molecule has 0 aliphatic rings. The molecule has 1 atom stereocenters. The van der Waals surface area contributed by atoms with E-state index in [1.807, 2.05) is 32.0 Å². The fourth-order valence-corrected chi connectivity index (χ4v) is 2.99. The summed E-state index contributed by atoms with van der Waals surface area (Å²) in [5.41, 5.74) is 2.51. The average molecular weight is 407 g/mol. The van der Waals surface area contributed by atoms with Crippen molar-refractivity contribution in [2.24, 2.45) is 0 Å². The van der Waals surface area contributed by atoms with Gasteiger partial charge in [-0.1, -0.05) is 17.8 Å². The van der Waals surface area contributed by atoms with Crippen molar-refractivity contribution in [3.63, 3.8) is 0 Å². The van der Waals surface area contributed by atoms with Gasteiger partial charge in [0.25, 0.3) is 5.22 Å². The van der Waals surface area contributed by atoms with Crippen LogP contribution in [0.5, 0.6) is 0 Å². The third kappa shape index (κ3) is 4.19. The summed E-state index contributed by atoms with van der Waals surface area (Å²) >= 11 is 0.964. The second-order valence-corrected chi connectivity index (χ2v) is 7.44. The molecule has 0 aliphatic heterocycles. The molecule has 0 radical (unpaired) electrons. The summed E-state index contributed by atoms with van der Waals surface area (Å²) in [6.07, 6.45) is 0. The van der Waals surface area contributed by atoms with Crippen LogP contribution in [-0.4, -0.2) is 21.4 Å². The van der Waals surface area contributed by atoms with Crippen molar-refractivity contribution in [1.29, 1.82) is 0 Å². The fourth-order valence-electron chi connectivity index (χ4n) is 2.31. The Morgan fingerprint density at radius 3 is 2.54 bits per heavy atom. The number of aryl methyl sites for hydroxylation is 2. The van der Waals surface area contributed by atoms with E-state index in [1.165, 1.54) is 6.92 Å². The number of nitrogens with zero attached hydrogens (tertiary/aromatic N) is 2. The molecule has 146 valence electrons. The molecule has 0 spiro atoms. The number of hydrogen-bond acceptors (Lipinski definition) is 5. The summed E-state index contributed by atoms with van der Waals surface area (Å²) in [7, 11) is 0. The average Bonchev–Trinajstić information content (AvgIpc) is 3.12. The Labute approximate surface area is 163 Å². The van der Waals surface area contributed by atoms with Crippen molar-refractivity contribution < 1.29 is 22.4 Å². The molecule has 0 saturated carbocycles. The number of benzene rings is 2. The van der Waals surface area contributed by atoms with Crippen LogP contribution in [0.2, 0.25) is 0 Å². The zero-order valence-corrected chi connectivity index (χ0v) is 16.0. The minimum absolute atomic E-state index is 0.154. The van der Waals surface area contributed by atoms with E-state index in [2.05, 4.69) is 15.5 Å². The van der Waals surface area contributed by atoms with Gasteiger partial charge in [-0.25, -0.2) is 13.2 Å². The number of thioether (sulfide) groups is 1. The predicted octanol–water partition coefficient (Wildman–Crippen LogP) is 4.89. The zero-order chi connectivity index (χ0) is 20.4. The number of nitrogens with one attached hydrogen (secondary N) is 1. The summed E-state index contributed by atoms with van der Waals surface area (Å²) in [5, 5.41) is 9.49. The first-order valence-electron chi connectivity index (χ1n) is 8.28. The molecular formula is C19H16F3N3O2S. The molecule has 28 heavy (non-hydrogen) atoms. The van der Waals surface area contributed by atoms with Crippen LogP contribution in [0.15, 0.2) is 40.0 Å². The highest BCUT2D eigenvalue weighted by atomic mass is 32.2. The normalized spacial score (nSPS) is 12.1. The Bertz CT molecular complexity index is 1040. The quantitative estimate of drug-likeness (QED) is 0.482. The van der Waals surface area contributed by atoms with Gasteiger partial charge in [-0.15, -0.1) is 10.2 Å². The van der Waals surface area contributed by atoms with E-state index in [-0.39, 0.29) is 5.22 Å². The predicted molar refractivity (Wildman–Crippen MR) is 99.5 cm³/mol. The maximum atomic E-state index is 13.7. The Kier molecular flexibility index (Phi) is 5.73. The van der Waals surface area contributed by atoms with Crippen molar-refractivity contribution in [3.8, 4) is 11.5 Å². The van der Waals surface area contributed by atoms with Crippen molar-refractivity contribution in [2.45, 2.75) is 31.2 Å². The van der Waals surface area contributed by atoms with E-state index >= 15 is 0 Å². The first-order valence-corrected chi connectivity index (χ1v) is 9.16. The lowest BCUT2D eigenvalue weighted by molar-refractivity contribution is -0.115. The van der Waals surface area contributed by atoms with Gasteiger partial charge < -0.3 is 9.73 Å². The highest BCUT2D eigenvalue weighted by molar-refractivity contribution is 8.00. The fraction of sp³-hybridized carbons (Fsp3) is 0.211. The maximum absolute atomic E-state index is 13.7. The molecule has 5 nitrogen and oxygen atoms in total.